The topological polar surface area (TPSA) is 32.3 Å². The van der Waals surface area contributed by atoms with Gasteiger partial charge in [-0.15, -0.1) is 5.76 Å². The second kappa shape index (κ2) is 6.73. The van der Waals surface area contributed by atoms with Gasteiger partial charge in [-0.25, -0.2) is 0 Å². The zero-order valence-corrected chi connectivity index (χ0v) is 11.2. The number of ether oxygens (including phenoxy) is 1. The molecule has 90 valence electrons. The van der Waals surface area contributed by atoms with Gasteiger partial charge >= 0.3 is 18.9 Å². The smallest absolute Gasteiger partial charge is 0.875 e. The number of hydrogen-bond acceptors (Lipinski definition) is 2. The van der Waals surface area contributed by atoms with Gasteiger partial charge in [0.2, 0.25) is 0 Å². The van der Waals surface area contributed by atoms with Crippen molar-refractivity contribution in [2.45, 2.75) is 19.3 Å². The molecule has 0 saturated heterocycles. The van der Waals surface area contributed by atoms with Crippen molar-refractivity contribution in [3.05, 3.63) is 59.6 Å². The molecule has 18 heavy (non-hydrogen) atoms. The van der Waals surface area contributed by atoms with Crippen LogP contribution in [0, 0.1) is 5.92 Å². The van der Waals surface area contributed by atoms with Gasteiger partial charge in [0.25, 0.3) is 0 Å². The van der Waals surface area contributed by atoms with Crippen molar-refractivity contribution in [2.75, 3.05) is 7.11 Å². The number of methoxy groups -OCH3 is 1. The minimum Gasteiger partial charge on any atom is -0.875 e. The summed E-state index contributed by atoms with van der Waals surface area (Å²) in [6.07, 6.45) is 4.26. The predicted molar refractivity (Wildman–Crippen MR) is 66.1 cm³/mol. The van der Waals surface area contributed by atoms with Gasteiger partial charge in [-0.05, 0) is 17.6 Å². The first kappa shape index (κ1) is 15.0. The molecule has 1 aliphatic carbocycles. The second-order valence-electron chi connectivity index (χ2n) is 4.44. The Hall–Kier alpha value is -1.10. The molecular formula is C15H17LiO2. The van der Waals surface area contributed by atoms with Gasteiger partial charge < -0.3 is 9.84 Å². The van der Waals surface area contributed by atoms with Gasteiger partial charge in [0.1, 0.15) is 0 Å². The van der Waals surface area contributed by atoms with E-state index in [2.05, 4.69) is 25.1 Å². The van der Waals surface area contributed by atoms with Crippen molar-refractivity contribution in [1.29, 1.82) is 0 Å². The van der Waals surface area contributed by atoms with Crippen LogP contribution in [0.1, 0.15) is 24.8 Å². The van der Waals surface area contributed by atoms with Crippen LogP contribution in [0.25, 0.3) is 0 Å². The van der Waals surface area contributed by atoms with Crippen LogP contribution >= 0.6 is 0 Å². The van der Waals surface area contributed by atoms with Gasteiger partial charge in [0, 0.05) is 12.3 Å². The summed E-state index contributed by atoms with van der Waals surface area (Å²) in [5, 5.41) is 11.7. The molecule has 0 fully saturated rings. The van der Waals surface area contributed by atoms with Crippen LogP contribution in [0.5, 0.6) is 0 Å². The Bertz CT molecular complexity index is 437. The molecule has 0 aromatic heterocycles. The molecule has 0 aliphatic heterocycles. The maximum atomic E-state index is 11.7. The summed E-state index contributed by atoms with van der Waals surface area (Å²) in [6, 6.07) is 10.2. The van der Waals surface area contributed by atoms with Crippen LogP contribution in [0.4, 0.5) is 0 Å². The first-order chi connectivity index (χ1) is 8.20. The van der Waals surface area contributed by atoms with Gasteiger partial charge in [-0.2, -0.15) is 0 Å². The van der Waals surface area contributed by atoms with E-state index >= 15 is 0 Å². The van der Waals surface area contributed by atoms with Crippen molar-refractivity contribution in [1.82, 2.24) is 0 Å². The van der Waals surface area contributed by atoms with Gasteiger partial charge in [0.15, 0.2) is 0 Å². The van der Waals surface area contributed by atoms with Crippen LogP contribution in [0.15, 0.2) is 54.0 Å². The molecule has 0 amide bonds. The summed E-state index contributed by atoms with van der Waals surface area (Å²) in [5.41, 5.74) is 1.22. The first-order valence-electron chi connectivity index (χ1n) is 5.88. The molecular weight excluding hydrogens is 219 g/mol. The molecule has 1 aliphatic rings. The molecule has 2 rings (SSSR count). The van der Waals surface area contributed by atoms with E-state index in [1.807, 2.05) is 18.2 Å². The molecule has 0 bridgehead atoms. The second-order valence-corrected chi connectivity index (χ2v) is 4.44. The maximum absolute atomic E-state index is 11.7. The zero-order chi connectivity index (χ0) is 12.3. The molecule has 1 aromatic rings. The summed E-state index contributed by atoms with van der Waals surface area (Å²) >= 11 is 0. The van der Waals surface area contributed by atoms with Crippen molar-refractivity contribution >= 4 is 0 Å². The molecule has 1 aromatic carbocycles. The van der Waals surface area contributed by atoms with Gasteiger partial charge in [0.05, 0.1) is 12.9 Å². The Balaban J connectivity index is 0.00000162. The first-order valence-corrected chi connectivity index (χ1v) is 5.88. The van der Waals surface area contributed by atoms with E-state index in [9.17, 15) is 5.11 Å². The van der Waals surface area contributed by atoms with Crippen LogP contribution in [0.3, 0.4) is 0 Å². The SMILES string of the molecule is COC1=C[C@@H](c2ccccc2)[C@@H](C)C=C([O-])C1.[Li+]. The van der Waals surface area contributed by atoms with E-state index in [0.29, 0.717) is 6.42 Å². The standard InChI is InChI=1S/C15H18O2.Li/c1-11-8-13(16)9-14(17-2)10-15(11)12-6-4-3-5-7-12;/h3-8,10-11,15-16H,9H2,1-2H3;/q;+1/p-1/t11-,15+;/m0./s1. The molecule has 0 unspecified atom stereocenters. The zero-order valence-electron chi connectivity index (χ0n) is 11.2. The number of benzene rings is 1. The van der Waals surface area contributed by atoms with Crippen molar-refractivity contribution < 1.29 is 28.7 Å². The molecule has 0 spiro atoms. The fourth-order valence-electron chi connectivity index (χ4n) is 2.25. The third kappa shape index (κ3) is 3.45. The predicted octanol–water partition coefficient (Wildman–Crippen LogP) is -0.411. The number of allylic oxidation sites excluding steroid dienone is 2. The van der Waals surface area contributed by atoms with Crippen molar-refractivity contribution in [2.24, 2.45) is 5.92 Å². The number of rotatable bonds is 2. The maximum Gasteiger partial charge on any atom is 1.00 e. The van der Waals surface area contributed by atoms with E-state index in [0.717, 1.165) is 5.76 Å². The van der Waals surface area contributed by atoms with E-state index in [-0.39, 0.29) is 36.5 Å². The molecule has 0 N–H and O–H groups in total. The summed E-state index contributed by atoms with van der Waals surface area (Å²) in [7, 11) is 1.62. The van der Waals surface area contributed by atoms with Crippen molar-refractivity contribution in [3.63, 3.8) is 0 Å². The molecule has 2 atom stereocenters. The summed E-state index contributed by atoms with van der Waals surface area (Å²) in [4.78, 5) is 0. The Labute approximate surface area is 121 Å². The number of hydrogen-bond donors (Lipinski definition) is 0. The fraction of sp³-hybridized carbons (Fsp3) is 0.333. The Morgan fingerprint density at radius 1 is 1.17 bits per heavy atom. The quantitative estimate of drug-likeness (QED) is 0.654. The largest absolute Gasteiger partial charge is 1.00 e. The van der Waals surface area contributed by atoms with E-state index in [1.165, 1.54) is 5.56 Å². The Morgan fingerprint density at radius 3 is 2.44 bits per heavy atom. The summed E-state index contributed by atoms with van der Waals surface area (Å²) < 4.78 is 5.26. The fourth-order valence-corrected chi connectivity index (χ4v) is 2.25. The van der Waals surface area contributed by atoms with E-state index < -0.39 is 0 Å². The Morgan fingerprint density at radius 2 is 1.83 bits per heavy atom. The third-order valence-corrected chi connectivity index (χ3v) is 3.18. The minimum atomic E-state index is 0. The molecule has 0 heterocycles. The van der Waals surface area contributed by atoms with Crippen molar-refractivity contribution in [3.8, 4) is 0 Å². The van der Waals surface area contributed by atoms with E-state index in [1.54, 1.807) is 13.2 Å². The molecule has 2 nitrogen and oxygen atoms in total. The van der Waals surface area contributed by atoms with Crippen LogP contribution in [-0.4, -0.2) is 7.11 Å². The average molecular weight is 236 g/mol. The normalized spacial score (nSPS) is 23.2. The van der Waals surface area contributed by atoms with E-state index in [4.69, 9.17) is 4.74 Å². The molecule has 0 saturated carbocycles. The average Bonchev–Trinajstić information content (AvgIpc) is 2.48. The van der Waals surface area contributed by atoms with Gasteiger partial charge in [-0.3, -0.25) is 0 Å². The van der Waals surface area contributed by atoms with Crippen LogP contribution in [-0.2, 0) is 4.74 Å². The van der Waals surface area contributed by atoms with Crippen LogP contribution < -0.4 is 24.0 Å². The van der Waals surface area contributed by atoms with Gasteiger partial charge in [-0.1, -0.05) is 43.3 Å². The third-order valence-electron chi connectivity index (χ3n) is 3.18. The monoisotopic (exact) mass is 236 g/mol. The summed E-state index contributed by atoms with van der Waals surface area (Å²) in [5.74, 6) is 1.34. The summed E-state index contributed by atoms with van der Waals surface area (Å²) in [6.45, 7) is 2.07. The van der Waals surface area contributed by atoms with Crippen LogP contribution in [0.2, 0.25) is 0 Å². The minimum absolute atomic E-state index is 0. The molecule has 3 heteroatoms. The molecule has 0 radical (unpaired) electrons. The Kier molecular flexibility index (Phi) is 5.59.